The van der Waals surface area contributed by atoms with E-state index in [1.54, 1.807) is 12.1 Å². The molecule has 1 N–H and O–H groups in total. The first kappa shape index (κ1) is 14.3. The van der Waals surface area contributed by atoms with E-state index in [1.165, 1.54) is 6.26 Å². The second kappa shape index (κ2) is 6.33. The van der Waals surface area contributed by atoms with Gasteiger partial charge >= 0.3 is 5.97 Å². The molecule has 0 aliphatic heterocycles. The zero-order valence-electron chi connectivity index (χ0n) is 11.4. The van der Waals surface area contributed by atoms with E-state index in [0.29, 0.717) is 30.6 Å². The summed E-state index contributed by atoms with van der Waals surface area (Å²) in [6.45, 7) is 4.98. The van der Waals surface area contributed by atoms with Gasteiger partial charge in [-0.1, -0.05) is 12.1 Å². The Morgan fingerprint density at radius 3 is 2.95 bits per heavy atom. The molecule has 7 nitrogen and oxygen atoms in total. The molecular formula is C13H17N3O4. The Morgan fingerprint density at radius 1 is 1.55 bits per heavy atom. The molecule has 0 spiro atoms. The summed E-state index contributed by atoms with van der Waals surface area (Å²) < 4.78 is 10.3. The molecule has 0 aliphatic carbocycles. The van der Waals surface area contributed by atoms with Crippen molar-refractivity contribution in [3.8, 4) is 11.7 Å². The number of aromatic nitrogens is 2. The average molecular weight is 279 g/mol. The Hall–Kier alpha value is -2.15. The van der Waals surface area contributed by atoms with Gasteiger partial charge in [0, 0.05) is 6.04 Å². The summed E-state index contributed by atoms with van der Waals surface area (Å²) in [5, 5.41) is 12.7. The number of furan rings is 1. The van der Waals surface area contributed by atoms with E-state index < -0.39 is 5.97 Å². The molecule has 108 valence electrons. The van der Waals surface area contributed by atoms with Gasteiger partial charge in [0.15, 0.2) is 11.6 Å². The highest BCUT2D eigenvalue weighted by Gasteiger charge is 2.19. The molecule has 7 heteroatoms. The van der Waals surface area contributed by atoms with Crippen molar-refractivity contribution in [2.75, 3.05) is 6.54 Å². The van der Waals surface area contributed by atoms with Crippen molar-refractivity contribution < 1.29 is 18.8 Å². The van der Waals surface area contributed by atoms with Crippen LogP contribution in [0.5, 0.6) is 0 Å². The second-order valence-electron chi connectivity index (χ2n) is 4.50. The van der Waals surface area contributed by atoms with E-state index in [-0.39, 0.29) is 12.5 Å². The van der Waals surface area contributed by atoms with E-state index >= 15 is 0 Å². The van der Waals surface area contributed by atoms with Crippen LogP contribution in [-0.4, -0.2) is 38.7 Å². The van der Waals surface area contributed by atoms with Crippen molar-refractivity contribution in [3.63, 3.8) is 0 Å². The number of hydrogen-bond donors (Lipinski definition) is 1. The van der Waals surface area contributed by atoms with Crippen LogP contribution < -0.4 is 0 Å². The van der Waals surface area contributed by atoms with Gasteiger partial charge < -0.3 is 14.0 Å². The summed E-state index contributed by atoms with van der Waals surface area (Å²) in [4.78, 5) is 17.0. The standard InChI is InChI=1S/C13H17N3O4/c1-3-16(9(2)7-12(17)18)8-11-14-13(20-15-11)10-5-4-6-19-10/h4-6,9H,3,7-8H2,1-2H3,(H,17,18). The molecular weight excluding hydrogens is 262 g/mol. The summed E-state index contributed by atoms with van der Waals surface area (Å²) in [6.07, 6.45) is 1.61. The van der Waals surface area contributed by atoms with Gasteiger partial charge in [-0.05, 0) is 25.6 Å². The number of carboxylic acid groups (broad SMARTS) is 1. The maximum absolute atomic E-state index is 10.8. The highest BCUT2D eigenvalue weighted by molar-refractivity contribution is 5.67. The van der Waals surface area contributed by atoms with Crippen molar-refractivity contribution in [3.05, 3.63) is 24.2 Å². The summed E-state index contributed by atoms with van der Waals surface area (Å²) in [5.74, 6) is 0.535. The molecule has 0 aliphatic rings. The Labute approximate surface area is 116 Å². The summed E-state index contributed by atoms with van der Waals surface area (Å²) in [7, 11) is 0. The zero-order valence-corrected chi connectivity index (χ0v) is 11.4. The lowest BCUT2D eigenvalue weighted by Gasteiger charge is -2.24. The Bertz CT molecular complexity index is 550. The number of nitrogens with zero attached hydrogens (tertiary/aromatic N) is 3. The summed E-state index contributed by atoms with van der Waals surface area (Å²) in [6, 6.07) is 3.39. The summed E-state index contributed by atoms with van der Waals surface area (Å²) >= 11 is 0. The summed E-state index contributed by atoms with van der Waals surface area (Å²) in [5.41, 5.74) is 0. The highest BCUT2D eigenvalue weighted by atomic mass is 16.5. The van der Waals surface area contributed by atoms with Crippen LogP contribution in [0.3, 0.4) is 0 Å². The first-order chi connectivity index (χ1) is 9.60. The van der Waals surface area contributed by atoms with E-state index in [4.69, 9.17) is 14.0 Å². The molecule has 0 fully saturated rings. The van der Waals surface area contributed by atoms with E-state index in [2.05, 4.69) is 10.1 Å². The van der Waals surface area contributed by atoms with E-state index in [0.717, 1.165) is 0 Å². The van der Waals surface area contributed by atoms with Crippen LogP contribution in [-0.2, 0) is 11.3 Å². The van der Waals surface area contributed by atoms with E-state index in [1.807, 2.05) is 18.7 Å². The normalized spacial score (nSPS) is 12.8. The van der Waals surface area contributed by atoms with Gasteiger partial charge in [-0.15, -0.1) is 0 Å². The van der Waals surface area contributed by atoms with Crippen LogP contribution in [0, 0.1) is 0 Å². The Morgan fingerprint density at radius 2 is 2.35 bits per heavy atom. The molecule has 0 radical (unpaired) electrons. The maximum atomic E-state index is 10.8. The van der Waals surface area contributed by atoms with E-state index in [9.17, 15) is 4.79 Å². The zero-order chi connectivity index (χ0) is 14.5. The molecule has 0 amide bonds. The molecule has 0 aromatic carbocycles. The Balaban J connectivity index is 2.03. The van der Waals surface area contributed by atoms with Gasteiger partial charge in [-0.2, -0.15) is 4.98 Å². The smallest absolute Gasteiger partial charge is 0.304 e. The molecule has 2 rings (SSSR count). The van der Waals surface area contributed by atoms with Crippen molar-refractivity contribution in [1.82, 2.24) is 15.0 Å². The van der Waals surface area contributed by atoms with Crippen LogP contribution in [0.4, 0.5) is 0 Å². The first-order valence-corrected chi connectivity index (χ1v) is 6.42. The molecule has 2 heterocycles. The first-order valence-electron chi connectivity index (χ1n) is 6.42. The van der Waals surface area contributed by atoms with Gasteiger partial charge in [-0.3, -0.25) is 9.69 Å². The topological polar surface area (TPSA) is 92.6 Å². The third-order valence-corrected chi connectivity index (χ3v) is 3.04. The highest BCUT2D eigenvalue weighted by Crippen LogP contribution is 2.18. The van der Waals surface area contributed by atoms with Crippen molar-refractivity contribution >= 4 is 5.97 Å². The molecule has 1 atom stereocenters. The van der Waals surface area contributed by atoms with Crippen LogP contribution in [0.1, 0.15) is 26.1 Å². The minimum Gasteiger partial charge on any atom is -0.481 e. The number of hydrogen-bond acceptors (Lipinski definition) is 6. The number of rotatable bonds is 7. The van der Waals surface area contributed by atoms with Gasteiger partial charge in [0.1, 0.15) is 0 Å². The van der Waals surface area contributed by atoms with Crippen molar-refractivity contribution in [2.45, 2.75) is 32.9 Å². The lowest BCUT2D eigenvalue weighted by molar-refractivity contribution is -0.138. The molecule has 1 unspecified atom stereocenters. The van der Waals surface area contributed by atoms with Crippen LogP contribution >= 0.6 is 0 Å². The number of carboxylic acids is 1. The predicted octanol–water partition coefficient (Wildman–Crippen LogP) is 2.01. The predicted molar refractivity (Wildman–Crippen MR) is 69.8 cm³/mol. The molecule has 2 aromatic heterocycles. The number of carbonyl (C=O) groups is 1. The molecule has 2 aromatic rings. The van der Waals surface area contributed by atoms with Crippen molar-refractivity contribution in [1.29, 1.82) is 0 Å². The monoisotopic (exact) mass is 279 g/mol. The SMILES string of the molecule is CCN(Cc1noc(-c2ccco2)n1)C(C)CC(=O)O. The third kappa shape index (κ3) is 3.45. The average Bonchev–Trinajstić information content (AvgIpc) is 3.05. The second-order valence-corrected chi connectivity index (χ2v) is 4.50. The molecule has 20 heavy (non-hydrogen) atoms. The minimum absolute atomic E-state index is 0.0801. The fourth-order valence-corrected chi connectivity index (χ4v) is 1.96. The molecule has 0 bridgehead atoms. The van der Waals surface area contributed by atoms with Gasteiger partial charge in [0.2, 0.25) is 0 Å². The van der Waals surface area contributed by atoms with Gasteiger partial charge in [-0.25, -0.2) is 0 Å². The molecule has 0 saturated heterocycles. The van der Waals surface area contributed by atoms with Crippen LogP contribution in [0.2, 0.25) is 0 Å². The van der Waals surface area contributed by atoms with Crippen LogP contribution in [0.15, 0.2) is 27.3 Å². The fraction of sp³-hybridized carbons (Fsp3) is 0.462. The number of aliphatic carboxylic acids is 1. The maximum Gasteiger partial charge on any atom is 0.304 e. The van der Waals surface area contributed by atoms with Crippen LogP contribution in [0.25, 0.3) is 11.7 Å². The van der Waals surface area contributed by atoms with Gasteiger partial charge in [0.25, 0.3) is 5.89 Å². The lowest BCUT2D eigenvalue weighted by Crippen LogP contribution is -2.34. The van der Waals surface area contributed by atoms with Gasteiger partial charge in [0.05, 0.1) is 19.2 Å². The minimum atomic E-state index is -0.819. The quantitative estimate of drug-likeness (QED) is 0.828. The lowest BCUT2D eigenvalue weighted by atomic mass is 10.2. The molecule has 0 saturated carbocycles. The fourth-order valence-electron chi connectivity index (χ4n) is 1.96. The van der Waals surface area contributed by atoms with Crippen molar-refractivity contribution in [2.24, 2.45) is 0 Å². The largest absolute Gasteiger partial charge is 0.481 e. The Kier molecular flexibility index (Phi) is 4.52. The third-order valence-electron chi connectivity index (χ3n) is 3.04.